The number of carbonyl (C=O) groups is 3. The molecule has 0 bridgehead atoms. The van der Waals surface area contributed by atoms with Crippen molar-refractivity contribution in [1.82, 2.24) is 10.2 Å². The second-order valence-electron chi connectivity index (χ2n) is 6.70. The van der Waals surface area contributed by atoms with E-state index in [1.165, 1.54) is 17.3 Å². The van der Waals surface area contributed by atoms with E-state index < -0.39 is 5.97 Å². The lowest BCUT2D eigenvalue weighted by Gasteiger charge is -2.23. The van der Waals surface area contributed by atoms with E-state index in [-0.39, 0.29) is 36.9 Å². The lowest BCUT2D eigenvalue weighted by molar-refractivity contribution is -0.145. The minimum absolute atomic E-state index is 0.0821. The average Bonchev–Trinajstić information content (AvgIpc) is 3.11. The highest BCUT2D eigenvalue weighted by molar-refractivity contribution is 8.00. The summed E-state index contributed by atoms with van der Waals surface area (Å²) < 4.78 is 5.14. The fourth-order valence-electron chi connectivity index (χ4n) is 2.99. The van der Waals surface area contributed by atoms with Crippen molar-refractivity contribution in [3.05, 3.63) is 71.3 Å². The maximum atomic E-state index is 12.3. The minimum atomic E-state index is -0.518. The van der Waals surface area contributed by atoms with Crippen molar-refractivity contribution in [2.24, 2.45) is 0 Å². The van der Waals surface area contributed by atoms with Crippen LogP contribution in [0.15, 0.2) is 54.6 Å². The summed E-state index contributed by atoms with van der Waals surface area (Å²) in [7, 11) is 0. The van der Waals surface area contributed by atoms with Gasteiger partial charge in [-0.1, -0.05) is 61.5 Å². The summed E-state index contributed by atoms with van der Waals surface area (Å²) in [5.74, 6) is -0.642. The van der Waals surface area contributed by atoms with Gasteiger partial charge in [-0.15, -0.1) is 11.8 Å². The molecule has 1 fully saturated rings. The molecule has 1 heterocycles. The zero-order valence-corrected chi connectivity index (χ0v) is 17.1. The van der Waals surface area contributed by atoms with E-state index in [9.17, 15) is 14.4 Å². The van der Waals surface area contributed by atoms with Gasteiger partial charge in [0, 0.05) is 0 Å². The predicted octanol–water partition coefficient (Wildman–Crippen LogP) is 2.68. The number of hydrogen-bond acceptors (Lipinski definition) is 5. The fraction of sp³-hybridized carbons (Fsp3) is 0.318. The smallest absolute Gasteiger partial charge is 0.325 e. The second kappa shape index (κ2) is 10.1. The predicted molar refractivity (Wildman–Crippen MR) is 112 cm³/mol. The van der Waals surface area contributed by atoms with Gasteiger partial charge in [-0.2, -0.15) is 0 Å². The molecular weight excluding hydrogens is 388 g/mol. The Hall–Kier alpha value is -2.80. The fourth-order valence-corrected chi connectivity index (χ4v) is 4.18. The van der Waals surface area contributed by atoms with E-state index in [1.807, 2.05) is 54.6 Å². The first-order chi connectivity index (χ1) is 14.1. The third kappa shape index (κ3) is 5.84. The number of aryl methyl sites for hydroxylation is 1. The zero-order chi connectivity index (χ0) is 20.6. The number of nitrogens with one attached hydrogen (secondary N) is 1. The summed E-state index contributed by atoms with van der Waals surface area (Å²) >= 11 is 1.50. The number of carbonyl (C=O) groups excluding carboxylic acids is 3. The van der Waals surface area contributed by atoms with E-state index in [0.717, 1.165) is 17.5 Å². The number of amides is 2. The molecule has 0 radical (unpaired) electrons. The van der Waals surface area contributed by atoms with Crippen LogP contribution in [-0.4, -0.2) is 41.5 Å². The quantitative estimate of drug-likeness (QED) is 0.675. The van der Waals surface area contributed by atoms with Gasteiger partial charge < -0.3 is 15.0 Å². The van der Waals surface area contributed by atoms with Crippen LogP contribution in [0, 0.1) is 0 Å². The van der Waals surface area contributed by atoms with Gasteiger partial charge in [0.2, 0.25) is 11.8 Å². The molecule has 1 atom stereocenters. The maximum Gasteiger partial charge on any atom is 0.325 e. The van der Waals surface area contributed by atoms with Crippen LogP contribution in [0.3, 0.4) is 0 Å². The molecule has 3 rings (SSSR count). The Morgan fingerprint density at radius 1 is 1.10 bits per heavy atom. The van der Waals surface area contributed by atoms with Crippen molar-refractivity contribution in [2.45, 2.75) is 25.3 Å². The number of hydrogen-bond donors (Lipinski definition) is 1. The molecule has 0 aliphatic carbocycles. The Balaban J connectivity index is 1.49. The summed E-state index contributed by atoms with van der Waals surface area (Å²) in [6, 6.07) is 17.4. The molecule has 7 heteroatoms. The highest BCUT2D eigenvalue weighted by Gasteiger charge is 2.34. The molecule has 2 aromatic rings. The van der Waals surface area contributed by atoms with Crippen molar-refractivity contribution >= 4 is 29.5 Å². The largest absolute Gasteiger partial charge is 0.460 e. The van der Waals surface area contributed by atoms with E-state index in [0.29, 0.717) is 5.75 Å². The van der Waals surface area contributed by atoms with E-state index in [4.69, 9.17) is 4.74 Å². The van der Waals surface area contributed by atoms with Gasteiger partial charge in [0.05, 0.1) is 5.75 Å². The van der Waals surface area contributed by atoms with Crippen LogP contribution in [-0.2, 0) is 32.1 Å². The summed E-state index contributed by atoms with van der Waals surface area (Å²) in [5, 5.41) is 2.35. The highest BCUT2D eigenvalue weighted by Crippen LogP contribution is 2.38. The first kappa shape index (κ1) is 20.9. The van der Waals surface area contributed by atoms with Gasteiger partial charge in [-0.05, 0) is 23.1 Å². The number of nitrogens with zero attached hydrogens (tertiary/aromatic N) is 1. The Bertz CT molecular complexity index is 855. The van der Waals surface area contributed by atoms with Crippen LogP contribution in [0.1, 0.15) is 29.0 Å². The highest BCUT2D eigenvalue weighted by atomic mass is 32.2. The summed E-state index contributed by atoms with van der Waals surface area (Å²) in [6.07, 6.45) is 0.948. The molecule has 6 nitrogen and oxygen atoms in total. The molecule has 1 saturated heterocycles. The van der Waals surface area contributed by atoms with Gasteiger partial charge >= 0.3 is 5.97 Å². The number of benzene rings is 2. The van der Waals surface area contributed by atoms with Gasteiger partial charge in [0.1, 0.15) is 25.1 Å². The van der Waals surface area contributed by atoms with Gasteiger partial charge in [0.15, 0.2) is 0 Å². The number of esters is 1. The molecule has 0 saturated carbocycles. The SMILES string of the molecule is CCc1ccc(C2SCC(=O)N2CC(=O)NCC(=O)OCc2ccccc2)cc1. The molecule has 1 unspecified atom stereocenters. The minimum Gasteiger partial charge on any atom is -0.460 e. The summed E-state index contributed by atoms with van der Waals surface area (Å²) in [6.45, 7) is 1.94. The second-order valence-corrected chi connectivity index (χ2v) is 7.77. The monoisotopic (exact) mass is 412 g/mol. The van der Waals surface area contributed by atoms with Gasteiger partial charge in [-0.3, -0.25) is 14.4 Å². The lowest BCUT2D eigenvalue weighted by Crippen LogP contribution is -2.41. The molecule has 1 N–H and O–H groups in total. The molecule has 1 aliphatic heterocycles. The molecule has 1 aliphatic rings. The lowest BCUT2D eigenvalue weighted by atomic mass is 10.1. The number of rotatable bonds is 8. The Kier molecular flexibility index (Phi) is 7.30. The normalized spacial score (nSPS) is 16.0. The van der Waals surface area contributed by atoms with Crippen molar-refractivity contribution in [3.8, 4) is 0 Å². The van der Waals surface area contributed by atoms with Crippen molar-refractivity contribution in [2.75, 3.05) is 18.8 Å². The van der Waals surface area contributed by atoms with E-state index in [2.05, 4.69) is 12.2 Å². The molecule has 2 amide bonds. The van der Waals surface area contributed by atoms with Crippen molar-refractivity contribution in [1.29, 1.82) is 0 Å². The Morgan fingerprint density at radius 3 is 2.52 bits per heavy atom. The first-order valence-corrected chi connectivity index (χ1v) is 10.6. The van der Waals surface area contributed by atoms with Crippen LogP contribution < -0.4 is 5.32 Å². The third-order valence-corrected chi connectivity index (χ3v) is 5.88. The van der Waals surface area contributed by atoms with E-state index >= 15 is 0 Å². The van der Waals surface area contributed by atoms with Crippen molar-refractivity contribution in [3.63, 3.8) is 0 Å². The van der Waals surface area contributed by atoms with Crippen LogP contribution in [0.2, 0.25) is 0 Å². The number of ether oxygens (including phenoxy) is 1. The molecule has 152 valence electrons. The van der Waals surface area contributed by atoms with Crippen LogP contribution in [0.5, 0.6) is 0 Å². The zero-order valence-electron chi connectivity index (χ0n) is 16.3. The van der Waals surface area contributed by atoms with Crippen LogP contribution in [0.25, 0.3) is 0 Å². The molecule has 29 heavy (non-hydrogen) atoms. The standard InChI is InChI=1S/C22H24N2O4S/c1-2-16-8-10-18(11-9-16)22-24(20(26)15-29-22)13-19(25)23-12-21(27)28-14-17-6-4-3-5-7-17/h3-11,22H,2,12-15H2,1H3,(H,23,25). The topological polar surface area (TPSA) is 75.7 Å². The molecule has 0 aromatic heterocycles. The third-order valence-electron chi connectivity index (χ3n) is 4.63. The van der Waals surface area contributed by atoms with E-state index in [1.54, 1.807) is 4.90 Å². The number of thioether (sulfide) groups is 1. The first-order valence-electron chi connectivity index (χ1n) is 9.53. The maximum absolute atomic E-state index is 12.3. The Morgan fingerprint density at radius 2 is 1.83 bits per heavy atom. The summed E-state index contributed by atoms with van der Waals surface area (Å²) in [5.41, 5.74) is 3.10. The molecule has 0 spiro atoms. The van der Waals surface area contributed by atoms with Crippen LogP contribution in [0.4, 0.5) is 0 Å². The van der Waals surface area contributed by atoms with Gasteiger partial charge in [0.25, 0.3) is 0 Å². The summed E-state index contributed by atoms with van der Waals surface area (Å²) in [4.78, 5) is 37.9. The average molecular weight is 413 g/mol. The molecule has 2 aromatic carbocycles. The van der Waals surface area contributed by atoms with Gasteiger partial charge in [-0.25, -0.2) is 0 Å². The van der Waals surface area contributed by atoms with Crippen molar-refractivity contribution < 1.29 is 19.1 Å². The molecular formula is C22H24N2O4S. The van der Waals surface area contributed by atoms with Crippen LogP contribution >= 0.6 is 11.8 Å². The Labute approximate surface area is 174 Å².